The summed E-state index contributed by atoms with van der Waals surface area (Å²) < 4.78 is 0. The molecule has 1 fully saturated rings. The third kappa shape index (κ3) is 2.79. The Balaban J connectivity index is 1.79. The zero-order chi connectivity index (χ0) is 13.1. The van der Waals surface area contributed by atoms with Gasteiger partial charge in [0.25, 0.3) is 0 Å². The zero-order valence-electron chi connectivity index (χ0n) is 10.9. The van der Waals surface area contributed by atoms with Crippen LogP contribution in [0.3, 0.4) is 0 Å². The third-order valence-corrected chi connectivity index (χ3v) is 3.76. The lowest BCUT2D eigenvalue weighted by Crippen LogP contribution is -2.35. The molecule has 1 aromatic heterocycles. The first-order valence-corrected chi connectivity index (χ1v) is 6.88. The minimum atomic E-state index is 0.294. The van der Waals surface area contributed by atoms with Gasteiger partial charge in [-0.3, -0.25) is 5.10 Å². The number of hydrogen-bond acceptors (Lipinski definition) is 3. The maximum atomic E-state index is 9.35. The highest BCUT2D eigenvalue weighted by Gasteiger charge is 2.16. The Bertz CT molecular complexity index is 527. The van der Waals surface area contributed by atoms with E-state index in [0.29, 0.717) is 11.8 Å². The van der Waals surface area contributed by atoms with Gasteiger partial charge in [-0.15, -0.1) is 0 Å². The number of aromatic amines is 1. The summed E-state index contributed by atoms with van der Waals surface area (Å²) in [7, 11) is 0. The van der Waals surface area contributed by atoms with E-state index in [1.165, 1.54) is 25.0 Å². The Morgan fingerprint density at radius 1 is 1.21 bits per heavy atom. The number of phenols is 1. The second-order valence-corrected chi connectivity index (χ2v) is 5.16. The van der Waals surface area contributed by atoms with E-state index >= 15 is 0 Å². The first kappa shape index (κ1) is 12.2. The van der Waals surface area contributed by atoms with E-state index in [1.54, 1.807) is 12.1 Å². The number of piperidine rings is 1. The molecule has 1 saturated heterocycles. The van der Waals surface area contributed by atoms with Crippen LogP contribution in [-0.2, 0) is 6.42 Å². The van der Waals surface area contributed by atoms with Gasteiger partial charge in [-0.25, -0.2) is 0 Å². The molecular formula is C15H19N3O. The van der Waals surface area contributed by atoms with Gasteiger partial charge in [0.05, 0.1) is 6.20 Å². The van der Waals surface area contributed by atoms with Crippen molar-refractivity contribution in [1.82, 2.24) is 15.5 Å². The van der Waals surface area contributed by atoms with E-state index in [9.17, 15) is 5.11 Å². The fraction of sp³-hybridized carbons (Fsp3) is 0.400. The number of nitrogens with one attached hydrogen (secondary N) is 2. The van der Waals surface area contributed by atoms with Crippen LogP contribution in [0.4, 0.5) is 0 Å². The van der Waals surface area contributed by atoms with Crippen LogP contribution in [0.15, 0.2) is 30.5 Å². The van der Waals surface area contributed by atoms with E-state index in [2.05, 4.69) is 15.5 Å². The Kier molecular flexibility index (Phi) is 3.51. The fourth-order valence-corrected chi connectivity index (χ4v) is 2.70. The second-order valence-electron chi connectivity index (χ2n) is 5.16. The highest BCUT2D eigenvalue weighted by molar-refractivity contribution is 5.65. The van der Waals surface area contributed by atoms with Gasteiger partial charge in [-0.05, 0) is 37.1 Å². The number of hydrogen-bond donors (Lipinski definition) is 3. The molecule has 0 radical (unpaired) electrons. The Labute approximate surface area is 112 Å². The summed E-state index contributed by atoms with van der Waals surface area (Å²) in [6.45, 7) is 1.12. The van der Waals surface area contributed by atoms with Crippen LogP contribution in [0.25, 0.3) is 11.1 Å². The summed E-state index contributed by atoms with van der Waals surface area (Å²) in [5.41, 5.74) is 3.40. The number of phenolic OH excluding ortho intramolecular Hbond substituents is 1. The standard InChI is InChI=1S/C15H19N3O/c19-13-6-4-11(5-7-13)14-10-17-18-15(14)9-12-3-1-2-8-16-12/h4-7,10,12,16,19H,1-3,8-9H2,(H,17,18). The van der Waals surface area contributed by atoms with Gasteiger partial charge < -0.3 is 10.4 Å². The smallest absolute Gasteiger partial charge is 0.115 e. The quantitative estimate of drug-likeness (QED) is 0.791. The number of aromatic nitrogens is 2. The summed E-state index contributed by atoms with van der Waals surface area (Å²) >= 11 is 0. The molecule has 0 spiro atoms. The minimum absolute atomic E-state index is 0.294. The van der Waals surface area contributed by atoms with E-state index in [-0.39, 0.29) is 0 Å². The summed E-state index contributed by atoms with van der Waals surface area (Å²) in [6.07, 6.45) is 6.67. The summed E-state index contributed by atoms with van der Waals surface area (Å²) in [5.74, 6) is 0.294. The van der Waals surface area contributed by atoms with Gasteiger partial charge in [0, 0.05) is 23.7 Å². The second kappa shape index (κ2) is 5.45. The lowest BCUT2D eigenvalue weighted by molar-refractivity contribution is 0.397. The van der Waals surface area contributed by atoms with Crippen LogP contribution < -0.4 is 5.32 Å². The molecule has 1 aliphatic rings. The molecule has 4 nitrogen and oxygen atoms in total. The van der Waals surface area contributed by atoms with Crippen LogP contribution in [0, 0.1) is 0 Å². The van der Waals surface area contributed by atoms with Crippen molar-refractivity contribution >= 4 is 0 Å². The molecule has 0 bridgehead atoms. The van der Waals surface area contributed by atoms with Gasteiger partial charge in [0.15, 0.2) is 0 Å². The lowest BCUT2D eigenvalue weighted by Gasteiger charge is -2.23. The molecule has 1 aliphatic heterocycles. The van der Waals surface area contributed by atoms with Crippen molar-refractivity contribution < 1.29 is 5.11 Å². The van der Waals surface area contributed by atoms with E-state index in [0.717, 1.165) is 24.1 Å². The molecule has 1 unspecified atom stereocenters. The molecule has 0 amide bonds. The first-order chi connectivity index (χ1) is 9.33. The maximum Gasteiger partial charge on any atom is 0.115 e. The highest BCUT2D eigenvalue weighted by atomic mass is 16.3. The normalized spacial score (nSPS) is 19.5. The maximum absolute atomic E-state index is 9.35. The molecule has 1 aromatic carbocycles. The number of nitrogens with zero attached hydrogens (tertiary/aromatic N) is 1. The molecule has 3 rings (SSSR count). The molecule has 2 aromatic rings. The van der Waals surface area contributed by atoms with Gasteiger partial charge >= 0.3 is 0 Å². The van der Waals surface area contributed by atoms with Crippen LogP contribution in [0.5, 0.6) is 5.75 Å². The SMILES string of the molecule is Oc1ccc(-c2cn[nH]c2CC2CCCCN2)cc1. The van der Waals surface area contributed by atoms with E-state index < -0.39 is 0 Å². The topological polar surface area (TPSA) is 60.9 Å². The van der Waals surface area contributed by atoms with Crippen molar-refractivity contribution in [3.63, 3.8) is 0 Å². The lowest BCUT2D eigenvalue weighted by atomic mass is 9.97. The molecule has 2 heterocycles. The van der Waals surface area contributed by atoms with Crippen molar-refractivity contribution in [3.8, 4) is 16.9 Å². The summed E-state index contributed by atoms with van der Waals surface area (Å²) in [5, 5.41) is 20.2. The Morgan fingerprint density at radius 2 is 2.05 bits per heavy atom. The largest absolute Gasteiger partial charge is 0.508 e. The first-order valence-electron chi connectivity index (χ1n) is 6.88. The molecule has 0 saturated carbocycles. The van der Waals surface area contributed by atoms with Crippen LogP contribution in [0.2, 0.25) is 0 Å². The predicted molar refractivity (Wildman–Crippen MR) is 75.0 cm³/mol. The van der Waals surface area contributed by atoms with Crippen LogP contribution in [-0.4, -0.2) is 27.9 Å². The Morgan fingerprint density at radius 3 is 2.79 bits per heavy atom. The van der Waals surface area contributed by atoms with Crippen molar-refractivity contribution in [2.24, 2.45) is 0 Å². The average molecular weight is 257 g/mol. The van der Waals surface area contributed by atoms with Crippen molar-refractivity contribution in [1.29, 1.82) is 0 Å². The number of aromatic hydroxyl groups is 1. The summed E-state index contributed by atoms with van der Waals surface area (Å²) in [6, 6.07) is 7.83. The minimum Gasteiger partial charge on any atom is -0.508 e. The van der Waals surface area contributed by atoms with Gasteiger partial charge in [-0.2, -0.15) is 5.10 Å². The number of rotatable bonds is 3. The van der Waals surface area contributed by atoms with Gasteiger partial charge in [0.2, 0.25) is 0 Å². The highest BCUT2D eigenvalue weighted by Crippen LogP contribution is 2.25. The predicted octanol–water partition coefficient (Wildman–Crippen LogP) is 2.47. The van der Waals surface area contributed by atoms with E-state index in [1.807, 2.05) is 18.3 Å². The average Bonchev–Trinajstić information content (AvgIpc) is 2.89. The molecular weight excluding hydrogens is 238 g/mol. The van der Waals surface area contributed by atoms with Crippen molar-refractivity contribution in [2.45, 2.75) is 31.7 Å². The summed E-state index contributed by atoms with van der Waals surface area (Å²) in [4.78, 5) is 0. The van der Waals surface area contributed by atoms with Gasteiger partial charge in [0.1, 0.15) is 5.75 Å². The van der Waals surface area contributed by atoms with E-state index in [4.69, 9.17) is 0 Å². The molecule has 0 aliphatic carbocycles. The molecule has 100 valence electrons. The molecule has 3 N–H and O–H groups in total. The van der Waals surface area contributed by atoms with Crippen LogP contribution in [0.1, 0.15) is 25.0 Å². The molecule has 19 heavy (non-hydrogen) atoms. The van der Waals surface area contributed by atoms with Gasteiger partial charge in [-0.1, -0.05) is 18.6 Å². The van der Waals surface area contributed by atoms with Crippen molar-refractivity contribution in [2.75, 3.05) is 6.54 Å². The third-order valence-electron chi connectivity index (χ3n) is 3.76. The molecule has 4 heteroatoms. The Hall–Kier alpha value is -1.81. The fourth-order valence-electron chi connectivity index (χ4n) is 2.70. The monoisotopic (exact) mass is 257 g/mol. The van der Waals surface area contributed by atoms with Crippen molar-refractivity contribution in [3.05, 3.63) is 36.2 Å². The zero-order valence-corrected chi connectivity index (χ0v) is 10.9. The molecule has 1 atom stereocenters. The number of H-pyrrole nitrogens is 1. The van der Waals surface area contributed by atoms with Crippen LogP contribution >= 0.6 is 0 Å². The number of benzene rings is 1.